The van der Waals surface area contributed by atoms with E-state index >= 15 is 0 Å². The Morgan fingerprint density at radius 1 is 0.944 bits per heavy atom. The van der Waals surface area contributed by atoms with E-state index in [0.717, 1.165) is 44.4 Å². The minimum atomic E-state index is -0.294. The number of benzene rings is 2. The van der Waals surface area contributed by atoms with Crippen molar-refractivity contribution in [3.05, 3.63) is 84.6 Å². The smallest absolute Gasteiger partial charge is 0.181 e. The molecule has 0 amide bonds. The highest BCUT2D eigenvalue weighted by Crippen LogP contribution is 2.32. The van der Waals surface area contributed by atoms with Crippen molar-refractivity contribution in [3.63, 3.8) is 0 Å². The summed E-state index contributed by atoms with van der Waals surface area (Å²) < 4.78 is 13.9. The largest absolute Gasteiger partial charge is 0.337 e. The molecule has 8 heteroatoms. The number of para-hydroxylation sites is 1. The normalized spacial score (nSPS) is 11.4. The molecular formula is C28H21FN6O. The molecule has 0 saturated carbocycles. The molecule has 6 rings (SSSR count). The average Bonchev–Trinajstić information content (AvgIpc) is 3.52. The molecule has 0 fully saturated rings. The third kappa shape index (κ3) is 3.92. The summed E-state index contributed by atoms with van der Waals surface area (Å²) >= 11 is 0. The number of aromatic amines is 2. The summed E-state index contributed by atoms with van der Waals surface area (Å²) in [5.74, 6) is 0.479. The van der Waals surface area contributed by atoms with Crippen molar-refractivity contribution in [1.29, 1.82) is 0 Å². The molecule has 7 nitrogen and oxygen atoms in total. The van der Waals surface area contributed by atoms with E-state index in [1.165, 1.54) is 12.1 Å². The zero-order chi connectivity index (χ0) is 24.6. The number of carbonyl (C=O) groups is 1. The van der Waals surface area contributed by atoms with Crippen LogP contribution in [0.3, 0.4) is 0 Å². The van der Waals surface area contributed by atoms with E-state index in [1.807, 2.05) is 49.4 Å². The number of hydrogen-bond donors (Lipinski definition) is 2. The van der Waals surface area contributed by atoms with Gasteiger partial charge in [0.15, 0.2) is 11.5 Å². The molecule has 4 heterocycles. The summed E-state index contributed by atoms with van der Waals surface area (Å²) in [5.41, 5.74) is 6.96. The van der Waals surface area contributed by atoms with Gasteiger partial charge in [-0.05, 0) is 35.9 Å². The van der Waals surface area contributed by atoms with E-state index in [-0.39, 0.29) is 11.6 Å². The van der Waals surface area contributed by atoms with E-state index in [0.29, 0.717) is 30.0 Å². The van der Waals surface area contributed by atoms with Gasteiger partial charge in [0.1, 0.15) is 17.3 Å². The molecule has 0 spiro atoms. The average molecular weight is 477 g/mol. The first-order valence-electron chi connectivity index (χ1n) is 11.6. The fourth-order valence-electron chi connectivity index (χ4n) is 4.30. The van der Waals surface area contributed by atoms with Gasteiger partial charge in [0, 0.05) is 47.6 Å². The number of Topliss-reactive ketones (excluding diaryl/α,β-unsaturated/α-hetero) is 1. The van der Waals surface area contributed by atoms with Crippen LogP contribution in [0.15, 0.2) is 73.1 Å². The number of rotatable bonds is 6. The first kappa shape index (κ1) is 21.8. The van der Waals surface area contributed by atoms with Crippen LogP contribution < -0.4 is 0 Å². The maximum atomic E-state index is 13.9. The second-order valence-electron chi connectivity index (χ2n) is 8.60. The Hall–Kier alpha value is -4.72. The Bertz CT molecular complexity index is 1740. The highest BCUT2D eigenvalue weighted by atomic mass is 19.1. The fourth-order valence-corrected chi connectivity index (χ4v) is 4.30. The number of nitrogens with one attached hydrogen (secondary N) is 2. The van der Waals surface area contributed by atoms with Crippen LogP contribution in [0.4, 0.5) is 4.39 Å². The number of aromatic nitrogens is 6. The number of nitrogens with zero attached hydrogens (tertiary/aromatic N) is 4. The molecule has 0 atom stereocenters. The number of halogens is 1. The first-order valence-corrected chi connectivity index (χ1v) is 11.6. The minimum absolute atomic E-state index is 0.160. The van der Waals surface area contributed by atoms with Gasteiger partial charge in [-0.1, -0.05) is 37.3 Å². The first-order chi connectivity index (χ1) is 17.6. The van der Waals surface area contributed by atoms with Crippen molar-refractivity contribution in [3.8, 4) is 33.8 Å². The second-order valence-corrected chi connectivity index (χ2v) is 8.60. The van der Waals surface area contributed by atoms with E-state index in [1.54, 1.807) is 18.5 Å². The molecule has 2 aromatic carbocycles. The highest BCUT2D eigenvalue weighted by molar-refractivity contribution is 5.97. The van der Waals surface area contributed by atoms with Crippen LogP contribution in [0, 0.1) is 5.82 Å². The molecule has 2 N–H and O–H groups in total. The zero-order valence-corrected chi connectivity index (χ0v) is 19.4. The molecule has 36 heavy (non-hydrogen) atoms. The van der Waals surface area contributed by atoms with Gasteiger partial charge in [0.2, 0.25) is 0 Å². The third-order valence-electron chi connectivity index (χ3n) is 6.23. The predicted octanol–water partition coefficient (Wildman–Crippen LogP) is 5.89. The maximum Gasteiger partial charge on any atom is 0.181 e. The fraction of sp³-hybridized carbons (Fsp3) is 0.107. The SMILES string of the molecule is CCC(=O)Cc1ccc(-c2cnc3n[nH]c(-c4nc5c(-c6cccc(F)c6)cccc5[nH]4)c3c2)cn1. The van der Waals surface area contributed by atoms with Crippen LogP contribution in [-0.4, -0.2) is 35.9 Å². The Labute approximate surface area is 205 Å². The van der Waals surface area contributed by atoms with Gasteiger partial charge in [0.05, 0.1) is 16.4 Å². The van der Waals surface area contributed by atoms with Crippen molar-refractivity contribution >= 4 is 27.9 Å². The van der Waals surface area contributed by atoms with Crippen molar-refractivity contribution < 1.29 is 9.18 Å². The van der Waals surface area contributed by atoms with Crippen LogP contribution in [0.25, 0.3) is 55.8 Å². The number of carbonyl (C=O) groups excluding carboxylic acids is 1. The molecular weight excluding hydrogens is 455 g/mol. The monoisotopic (exact) mass is 476 g/mol. The molecule has 0 aliphatic carbocycles. The number of imidazole rings is 1. The van der Waals surface area contributed by atoms with Crippen molar-refractivity contribution in [1.82, 2.24) is 30.1 Å². The number of pyridine rings is 2. The summed E-state index contributed by atoms with van der Waals surface area (Å²) in [4.78, 5) is 28.9. The van der Waals surface area contributed by atoms with Crippen LogP contribution in [-0.2, 0) is 11.2 Å². The standard InChI is InChI=1S/C28H21FN6O/c1-2-21(36)13-20-10-9-17(14-30-20)18-12-23-26(34-35-27(23)31-15-18)28-32-24-8-4-7-22(25(24)33-28)16-5-3-6-19(29)11-16/h3-12,14-15H,2,13H2,1H3,(H,32,33)(H,31,34,35). The van der Waals surface area contributed by atoms with Crippen LogP contribution in [0.1, 0.15) is 19.0 Å². The number of ketones is 1. The molecule has 4 aromatic heterocycles. The predicted molar refractivity (Wildman–Crippen MR) is 137 cm³/mol. The zero-order valence-electron chi connectivity index (χ0n) is 19.4. The van der Waals surface area contributed by atoms with Gasteiger partial charge in [-0.2, -0.15) is 5.10 Å². The Balaban J connectivity index is 1.40. The lowest BCUT2D eigenvalue weighted by molar-refractivity contribution is -0.118. The van der Waals surface area contributed by atoms with Gasteiger partial charge >= 0.3 is 0 Å². The maximum absolute atomic E-state index is 13.9. The quantitative estimate of drug-likeness (QED) is 0.312. The van der Waals surface area contributed by atoms with Gasteiger partial charge in [-0.15, -0.1) is 0 Å². The molecule has 0 unspecified atom stereocenters. The summed E-state index contributed by atoms with van der Waals surface area (Å²) in [6, 6.07) is 18.1. The second kappa shape index (κ2) is 8.81. The van der Waals surface area contributed by atoms with Crippen LogP contribution in [0.5, 0.6) is 0 Å². The molecule has 0 aliphatic heterocycles. The number of H-pyrrole nitrogens is 2. The van der Waals surface area contributed by atoms with Gasteiger partial charge in [0.25, 0.3) is 0 Å². The van der Waals surface area contributed by atoms with Gasteiger partial charge < -0.3 is 4.98 Å². The highest BCUT2D eigenvalue weighted by Gasteiger charge is 2.16. The topological polar surface area (TPSA) is 100 Å². The third-order valence-corrected chi connectivity index (χ3v) is 6.23. The van der Waals surface area contributed by atoms with E-state index in [2.05, 4.69) is 25.1 Å². The molecule has 0 radical (unpaired) electrons. The summed E-state index contributed by atoms with van der Waals surface area (Å²) in [6.45, 7) is 1.85. The van der Waals surface area contributed by atoms with E-state index < -0.39 is 0 Å². The molecule has 0 saturated heterocycles. The molecule has 6 aromatic rings. The number of hydrogen-bond acceptors (Lipinski definition) is 5. The van der Waals surface area contributed by atoms with Crippen LogP contribution in [0.2, 0.25) is 0 Å². The van der Waals surface area contributed by atoms with Crippen LogP contribution >= 0.6 is 0 Å². The van der Waals surface area contributed by atoms with E-state index in [9.17, 15) is 9.18 Å². The van der Waals surface area contributed by atoms with E-state index in [4.69, 9.17) is 4.98 Å². The Morgan fingerprint density at radius 3 is 2.61 bits per heavy atom. The van der Waals surface area contributed by atoms with Crippen molar-refractivity contribution in [2.75, 3.05) is 0 Å². The van der Waals surface area contributed by atoms with Crippen molar-refractivity contribution in [2.45, 2.75) is 19.8 Å². The number of fused-ring (bicyclic) bond motifs is 2. The lowest BCUT2D eigenvalue weighted by Gasteiger charge is -2.03. The Morgan fingerprint density at radius 2 is 1.81 bits per heavy atom. The molecule has 176 valence electrons. The van der Waals surface area contributed by atoms with Gasteiger partial charge in [-0.25, -0.2) is 14.4 Å². The summed E-state index contributed by atoms with van der Waals surface area (Å²) in [7, 11) is 0. The summed E-state index contributed by atoms with van der Waals surface area (Å²) in [6.07, 6.45) is 4.34. The van der Waals surface area contributed by atoms with Crippen molar-refractivity contribution in [2.24, 2.45) is 0 Å². The lowest BCUT2D eigenvalue weighted by atomic mass is 10.0. The Kier molecular flexibility index (Phi) is 5.33. The molecule has 0 bridgehead atoms. The van der Waals surface area contributed by atoms with Gasteiger partial charge in [-0.3, -0.25) is 14.9 Å². The lowest BCUT2D eigenvalue weighted by Crippen LogP contribution is -2.02. The molecule has 0 aliphatic rings. The summed E-state index contributed by atoms with van der Waals surface area (Å²) in [5, 5.41) is 8.21. The minimum Gasteiger partial charge on any atom is -0.337 e.